The Morgan fingerprint density at radius 2 is 2.33 bits per heavy atom. The highest BCUT2D eigenvalue weighted by atomic mass is 32.1. The molecular formula is C14H20N2O4S. The molecule has 1 aliphatic rings. The molecule has 2 heterocycles. The Kier molecular flexibility index (Phi) is 5.19. The van der Waals surface area contributed by atoms with Crippen LogP contribution in [0.1, 0.15) is 11.8 Å². The zero-order chi connectivity index (χ0) is 15.4. The van der Waals surface area contributed by atoms with Gasteiger partial charge >= 0.3 is 12.0 Å². The third-order valence-corrected chi connectivity index (χ3v) is 4.54. The highest BCUT2D eigenvalue weighted by molar-refractivity contribution is 7.09. The van der Waals surface area contributed by atoms with Crippen molar-refractivity contribution in [1.82, 2.24) is 10.2 Å². The standard InChI is InChI=1S/C14H20N2O4S/c1-9(6-10-4-3-5-21-10)15-14(19)16(2)12-8-20-7-11(12)13(17)18/h3-5,9,11-12H,6-8H2,1-2H3,(H,15,19)(H,17,18). The van der Waals surface area contributed by atoms with Gasteiger partial charge in [-0.15, -0.1) is 11.3 Å². The van der Waals surface area contributed by atoms with Gasteiger partial charge in [-0.25, -0.2) is 4.79 Å². The lowest BCUT2D eigenvalue weighted by atomic mass is 10.0. The number of rotatable bonds is 5. The minimum absolute atomic E-state index is 0.0100. The molecule has 0 aliphatic carbocycles. The highest BCUT2D eigenvalue weighted by Gasteiger charge is 2.38. The van der Waals surface area contributed by atoms with Gasteiger partial charge in [-0.1, -0.05) is 6.07 Å². The molecule has 1 aromatic rings. The number of hydrogen-bond acceptors (Lipinski definition) is 4. The first-order valence-electron chi connectivity index (χ1n) is 6.85. The average Bonchev–Trinajstić information content (AvgIpc) is 3.07. The zero-order valence-electron chi connectivity index (χ0n) is 12.1. The Bertz CT molecular complexity index is 491. The molecule has 2 rings (SSSR count). The van der Waals surface area contributed by atoms with Crippen molar-refractivity contribution in [3.63, 3.8) is 0 Å². The van der Waals surface area contributed by atoms with Crippen molar-refractivity contribution in [3.8, 4) is 0 Å². The number of carbonyl (C=O) groups is 2. The first-order valence-corrected chi connectivity index (χ1v) is 7.73. The Hall–Kier alpha value is -1.60. The summed E-state index contributed by atoms with van der Waals surface area (Å²) in [6.07, 6.45) is 0.765. The predicted octanol–water partition coefficient (Wildman–Crippen LogP) is 1.42. The molecule has 1 saturated heterocycles. The van der Waals surface area contributed by atoms with Gasteiger partial charge in [0.25, 0.3) is 0 Å². The summed E-state index contributed by atoms with van der Waals surface area (Å²) in [6, 6.07) is 3.32. The summed E-state index contributed by atoms with van der Waals surface area (Å²) in [4.78, 5) is 26.0. The molecule has 7 heteroatoms. The molecule has 116 valence electrons. The van der Waals surface area contributed by atoms with E-state index in [4.69, 9.17) is 9.84 Å². The van der Waals surface area contributed by atoms with E-state index < -0.39 is 17.9 Å². The number of thiophene rings is 1. The Balaban J connectivity index is 1.88. The lowest BCUT2D eigenvalue weighted by molar-refractivity contribution is -0.142. The number of aliphatic carboxylic acids is 1. The third-order valence-electron chi connectivity index (χ3n) is 3.64. The van der Waals surface area contributed by atoms with Gasteiger partial charge in [0.2, 0.25) is 0 Å². The van der Waals surface area contributed by atoms with Crippen molar-refractivity contribution in [2.24, 2.45) is 5.92 Å². The second-order valence-electron chi connectivity index (χ2n) is 5.29. The summed E-state index contributed by atoms with van der Waals surface area (Å²) in [7, 11) is 1.61. The molecule has 0 bridgehead atoms. The largest absolute Gasteiger partial charge is 0.481 e. The smallest absolute Gasteiger partial charge is 0.317 e. The van der Waals surface area contributed by atoms with E-state index in [0.717, 1.165) is 6.42 Å². The molecule has 0 spiro atoms. The van der Waals surface area contributed by atoms with E-state index in [9.17, 15) is 9.59 Å². The van der Waals surface area contributed by atoms with Crippen LogP contribution in [0.4, 0.5) is 4.79 Å². The summed E-state index contributed by atoms with van der Waals surface area (Å²) in [6.45, 7) is 2.36. The minimum Gasteiger partial charge on any atom is -0.481 e. The zero-order valence-corrected chi connectivity index (χ0v) is 12.9. The lowest BCUT2D eigenvalue weighted by Crippen LogP contribution is -2.50. The molecule has 6 nitrogen and oxygen atoms in total. The van der Waals surface area contributed by atoms with Crippen molar-refractivity contribution in [2.75, 3.05) is 20.3 Å². The van der Waals surface area contributed by atoms with Crippen LogP contribution in [0, 0.1) is 5.92 Å². The van der Waals surface area contributed by atoms with Gasteiger partial charge in [-0.05, 0) is 18.4 Å². The first kappa shape index (κ1) is 15.8. The van der Waals surface area contributed by atoms with Crippen LogP contribution in [0.5, 0.6) is 0 Å². The van der Waals surface area contributed by atoms with Crippen molar-refractivity contribution < 1.29 is 19.4 Å². The minimum atomic E-state index is -0.927. The number of nitrogens with zero attached hydrogens (tertiary/aromatic N) is 1. The van der Waals surface area contributed by atoms with E-state index in [2.05, 4.69) is 5.32 Å². The number of amides is 2. The van der Waals surface area contributed by atoms with Gasteiger partial charge in [-0.3, -0.25) is 4.79 Å². The highest BCUT2D eigenvalue weighted by Crippen LogP contribution is 2.19. The maximum absolute atomic E-state index is 12.2. The monoisotopic (exact) mass is 312 g/mol. The van der Waals surface area contributed by atoms with Crippen molar-refractivity contribution in [2.45, 2.75) is 25.4 Å². The summed E-state index contributed by atoms with van der Waals surface area (Å²) in [5.74, 6) is -1.59. The number of nitrogens with one attached hydrogen (secondary N) is 1. The third kappa shape index (κ3) is 3.95. The predicted molar refractivity (Wildman–Crippen MR) is 79.5 cm³/mol. The molecule has 3 atom stereocenters. The first-order chi connectivity index (χ1) is 9.99. The van der Waals surface area contributed by atoms with Gasteiger partial charge < -0.3 is 20.1 Å². The number of carboxylic acids is 1. The molecule has 1 aliphatic heterocycles. The van der Waals surface area contributed by atoms with Crippen LogP contribution in [0.25, 0.3) is 0 Å². The number of carboxylic acid groups (broad SMARTS) is 1. The topological polar surface area (TPSA) is 78.9 Å². The fourth-order valence-electron chi connectivity index (χ4n) is 2.41. The summed E-state index contributed by atoms with van der Waals surface area (Å²) >= 11 is 1.65. The molecule has 2 amide bonds. The molecular weight excluding hydrogens is 292 g/mol. The van der Waals surface area contributed by atoms with E-state index in [-0.39, 0.29) is 25.3 Å². The van der Waals surface area contributed by atoms with Crippen LogP contribution >= 0.6 is 11.3 Å². The Morgan fingerprint density at radius 1 is 1.57 bits per heavy atom. The number of likely N-dealkylation sites (N-methyl/N-ethyl adjacent to an activating group) is 1. The Labute approximate surface area is 127 Å². The van der Waals surface area contributed by atoms with E-state index in [1.165, 1.54) is 9.78 Å². The maximum atomic E-state index is 12.2. The van der Waals surface area contributed by atoms with Gasteiger partial charge in [-0.2, -0.15) is 0 Å². The van der Waals surface area contributed by atoms with E-state index in [0.29, 0.717) is 0 Å². The fraction of sp³-hybridized carbons (Fsp3) is 0.571. The fourth-order valence-corrected chi connectivity index (χ4v) is 3.24. The van der Waals surface area contributed by atoms with Crippen LogP contribution in [-0.4, -0.2) is 54.4 Å². The Morgan fingerprint density at radius 3 is 2.95 bits per heavy atom. The lowest BCUT2D eigenvalue weighted by Gasteiger charge is -2.28. The van der Waals surface area contributed by atoms with Crippen LogP contribution in [0.15, 0.2) is 17.5 Å². The second kappa shape index (κ2) is 6.91. The van der Waals surface area contributed by atoms with Crippen LogP contribution in [0.3, 0.4) is 0 Å². The van der Waals surface area contributed by atoms with Gasteiger partial charge in [0, 0.05) is 24.4 Å². The molecule has 2 N–H and O–H groups in total. The van der Waals surface area contributed by atoms with Crippen LogP contribution in [0.2, 0.25) is 0 Å². The average molecular weight is 312 g/mol. The molecule has 0 radical (unpaired) electrons. The molecule has 3 unspecified atom stereocenters. The van der Waals surface area contributed by atoms with Crippen LogP contribution < -0.4 is 5.32 Å². The van der Waals surface area contributed by atoms with Gasteiger partial charge in [0.1, 0.15) is 5.92 Å². The molecule has 1 aromatic heterocycles. The van der Waals surface area contributed by atoms with E-state index in [1.54, 1.807) is 18.4 Å². The number of urea groups is 1. The summed E-state index contributed by atoms with van der Waals surface area (Å²) in [5, 5.41) is 14.0. The SMILES string of the molecule is CC(Cc1cccs1)NC(=O)N(C)C1COCC1C(=O)O. The summed E-state index contributed by atoms with van der Waals surface area (Å²) < 4.78 is 5.19. The number of ether oxygens (including phenoxy) is 1. The summed E-state index contributed by atoms with van der Waals surface area (Å²) in [5.41, 5.74) is 0. The number of carbonyl (C=O) groups excluding carboxylic acids is 1. The normalized spacial score (nSPS) is 22.8. The molecule has 0 saturated carbocycles. The van der Waals surface area contributed by atoms with Crippen LogP contribution in [-0.2, 0) is 16.0 Å². The molecule has 0 aromatic carbocycles. The van der Waals surface area contributed by atoms with E-state index in [1.807, 2.05) is 24.4 Å². The quantitative estimate of drug-likeness (QED) is 0.862. The van der Waals surface area contributed by atoms with Gasteiger partial charge in [0.05, 0.1) is 19.3 Å². The molecule has 1 fully saturated rings. The van der Waals surface area contributed by atoms with Crippen molar-refractivity contribution in [3.05, 3.63) is 22.4 Å². The van der Waals surface area contributed by atoms with Crippen molar-refractivity contribution >= 4 is 23.3 Å². The van der Waals surface area contributed by atoms with E-state index >= 15 is 0 Å². The van der Waals surface area contributed by atoms with Gasteiger partial charge in [0.15, 0.2) is 0 Å². The maximum Gasteiger partial charge on any atom is 0.317 e. The molecule has 21 heavy (non-hydrogen) atoms. The number of hydrogen-bond donors (Lipinski definition) is 2. The van der Waals surface area contributed by atoms with Crippen molar-refractivity contribution in [1.29, 1.82) is 0 Å². The second-order valence-corrected chi connectivity index (χ2v) is 6.33.